The smallest absolute Gasteiger partial charge is 0.266 e. The maximum Gasteiger partial charge on any atom is 0.266 e. The number of phenolic OH excluding ortho intramolecular Hbond substituents is 1. The van der Waals surface area contributed by atoms with Crippen molar-refractivity contribution in [2.24, 2.45) is 0 Å². The Balaban J connectivity index is 1.84. The van der Waals surface area contributed by atoms with E-state index in [0.29, 0.717) is 11.1 Å². The first kappa shape index (κ1) is 16.5. The van der Waals surface area contributed by atoms with E-state index in [2.05, 4.69) is 5.32 Å². The van der Waals surface area contributed by atoms with Gasteiger partial charge in [0.15, 0.2) is 0 Å². The summed E-state index contributed by atoms with van der Waals surface area (Å²) < 4.78 is 23.7. The maximum atomic E-state index is 12.3. The minimum absolute atomic E-state index is 0.0769. The first-order valence-electron chi connectivity index (χ1n) is 7.18. The van der Waals surface area contributed by atoms with Crippen LogP contribution in [0.25, 0.3) is 12.2 Å². The molecule has 0 aromatic heterocycles. The predicted octanol–water partition coefficient (Wildman–Crippen LogP) is 2.70. The van der Waals surface area contributed by atoms with Gasteiger partial charge >= 0.3 is 0 Å². The van der Waals surface area contributed by atoms with Gasteiger partial charge in [-0.1, -0.05) is 18.2 Å². The number of carbonyl (C=O) groups is 1. The van der Waals surface area contributed by atoms with Gasteiger partial charge in [-0.3, -0.25) is 4.79 Å². The number of rotatable bonds is 3. The van der Waals surface area contributed by atoms with E-state index in [0.717, 1.165) is 5.41 Å². The molecule has 0 spiro atoms. The van der Waals surface area contributed by atoms with Crippen molar-refractivity contribution in [2.75, 3.05) is 5.32 Å². The third-order valence-electron chi connectivity index (χ3n) is 3.57. The second kappa shape index (κ2) is 6.26. The molecule has 0 atom stereocenters. The van der Waals surface area contributed by atoms with E-state index in [-0.39, 0.29) is 21.9 Å². The second-order valence-electron chi connectivity index (χ2n) is 5.32. The van der Waals surface area contributed by atoms with Crippen molar-refractivity contribution in [1.29, 1.82) is 5.26 Å². The first-order valence-corrected chi connectivity index (χ1v) is 8.73. The third kappa shape index (κ3) is 3.44. The minimum Gasteiger partial charge on any atom is -0.508 e. The van der Waals surface area contributed by atoms with E-state index in [4.69, 9.17) is 0 Å². The fourth-order valence-electron chi connectivity index (χ4n) is 2.32. The molecule has 0 radical (unpaired) electrons. The highest BCUT2D eigenvalue weighted by atomic mass is 32.2. The number of benzene rings is 2. The van der Waals surface area contributed by atoms with Crippen molar-refractivity contribution in [1.82, 2.24) is 0 Å². The molecule has 0 aliphatic carbocycles. The number of hydrogen-bond donors (Lipinski definition) is 2. The van der Waals surface area contributed by atoms with Crippen molar-refractivity contribution in [2.45, 2.75) is 4.90 Å². The molecule has 3 rings (SSSR count). The van der Waals surface area contributed by atoms with Crippen LogP contribution in [-0.4, -0.2) is 19.4 Å². The van der Waals surface area contributed by atoms with Gasteiger partial charge < -0.3 is 10.4 Å². The van der Waals surface area contributed by atoms with Gasteiger partial charge in [-0.2, -0.15) is 5.26 Å². The van der Waals surface area contributed by atoms with E-state index in [9.17, 15) is 23.6 Å². The molecule has 1 aliphatic rings. The summed E-state index contributed by atoms with van der Waals surface area (Å²) in [5.74, 6) is -0.577. The van der Waals surface area contributed by atoms with E-state index in [1.165, 1.54) is 30.4 Å². The highest BCUT2D eigenvalue weighted by Crippen LogP contribution is 2.29. The molecule has 124 valence electrons. The van der Waals surface area contributed by atoms with E-state index in [1.807, 2.05) is 6.07 Å². The molecule has 25 heavy (non-hydrogen) atoms. The molecule has 0 fully saturated rings. The maximum absolute atomic E-state index is 12.3. The molecule has 0 saturated carbocycles. The number of nitriles is 1. The first-order chi connectivity index (χ1) is 11.9. The zero-order chi connectivity index (χ0) is 18.0. The topological polar surface area (TPSA) is 107 Å². The van der Waals surface area contributed by atoms with Crippen LogP contribution in [0.15, 0.2) is 58.3 Å². The number of aromatic hydroxyl groups is 1. The summed E-state index contributed by atoms with van der Waals surface area (Å²) in [5, 5.41) is 22.1. The SMILES string of the molecule is N#CC(=Cc1ccc(O)cc1)C(=O)Nc1ccc2c(c1)S(=O)(=O)C=C2. The van der Waals surface area contributed by atoms with E-state index in [1.54, 1.807) is 24.3 Å². The summed E-state index contributed by atoms with van der Waals surface area (Å²) in [7, 11) is -3.48. The van der Waals surface area contributed by atoms with Gasteiger partial charge in [0, 0.05) is 11.1 Å². The Kier molecular flexibility index (Phi) is 4.13. The molecule has 1 amide bonds. The summed E-state index contributed by atoms with van der Waals surface area (Å²) in [5.41, 5.74) is 1.26. The summed E-state index contributed by atoms with van der Waals surface area (Å²) in [4.78, 5) is 12.4. The molecular weight excluding hydrogens is 340 g/mol. The quantitative estimate of drug-likeness (QED) is 0.652. The monoisotopic (exact) mass is 352 g/mol. The van der Waals surface area contributed by atoms with Crippen LogP contribution in [0.2, 0.25) is 0 Å². The molecule has 2 aromatic rings. The third-order valence-corrected chi connectivity index (χ3v) is 5.03. The zero-order valence-electron chi connectivity index (χ0n) is 12.8. The van der Waals surface area contributed by atoms with Crippen molar-refractivity contribution < 1.29 is 18.3 Å². The number of anilines is 1. The molecule has 6 nitrogen and oxygen atoms in total. The fourth-order valence-corrected chi connectivity index (χ4v) is 3.54. The highest BCUT2D eigenvalue weighted by molar-refractivity contribution is 7.94. The lowest BCUT2D eigenvalue weighted by Gasteiger charge is -2.07. The average Bonchev–Trinajstić information content (AvgIpc) is 2.89. The fraction of sp³-hybridized carbons (Fsp3) is 0. The molecule has 2 N–H and O–H groups in total. The lowest BCUT2D eigenvalue weighted by molar-refractivity contribution is -0.112. The standard InChI is InChI=1S/C18H12N2O4S/c19-11-14(9-12-1-5-16(21)6-2-12)18(22)20-15-4-3-13-7-8-25(23,24)17(13)10-15/h1-10,21H,(H,20,22). The van der Waals surface area contributed by atoms with Crippen LogP contribution >= 0.6 is 0 Å². The number of nitrogens with one attached hydrogen (secondary N) is 1. The molecule has 0 bridgehead atoms. The number of phenols is 1. The van der Waals surface area contributed by atoms with Crippen LogP contribution in [0.1, 0.15) is 11.1 Å². The largest absolute Gasteiger partial charge is 0.508 e. The van der Waals surface area contributed by atoms with Crippen molar-refractivity contribution >= 4 is 33.6 Å². The van der Waals surface area contributed by atoms with Crippen LogP contribution in [0, 0.1) is 11.3 Å². The summed E-state index contributed by atoms with van der Waals surface area (Å²) in [6, 6.07) is 12.3. The van der Waals surface area contributed by atoms with E-state index >= 15 is 0 Å². The normalized spacial score (nSPS) is 14.6. The van der Waals surface area contributed by atoms with Crippen LogP contribution < -0.4 is 5.32 Å². The van der Waals surface area contributed by atoms with Gasteiger partial charge in [-0.25, -0.2) is 8.42 Å². The van der Waals surface area contributed by atoms with Crippen molar-refractivity contribution in [3.05, 3.63) is 64.6 Å². The Morgan fingerprint density at radius 3 is 2.56 bits per heavy atom. The molecule has 0 unspecified atom stereocenters. The van der Waals surface area contributed by atoms with Gasteiger partial charge in [-0.05, 0) is 47.5 Å². The van der Waals surface area contributed by atoms with Crippen LogP contribution in [0.5, 0.6) is 5.75 Å². The number of nitrogens with zero attached hydrogens (tertiary/aromatic N) is 1. The van der Waals surface area contributed by atoms with Gasteiger partial charge in [0.2, 0.25) is 9.84 Å². The average molecular weight is 352 g/mol. The zero-order valence-corrected chi connectivity index (χ0v) is 13.6. The van der Waals surface area contributed by atoms with Gasteiger partial charge in [0.05, 0.1) is 4.90 Å². The Labute approximate surface area is 144 Å². The molecule has 1 heterocycles. The predicted molar refractivity (Wildman–Crippen MR) is 93.0 cm³/mol. The Morgan fingerprint density at radius 2 is 1.88 bits per heavy atom. The summed E-state index contributed by atoms with van der Waals surface area (Å²) in [6.45, 7) is 0. The van der Waals surface area contributed by atoms with Gasteiger partial charge in [0.25, 0.3) is 5.91 Å². The van der Waals surface area contributed by atoms with Crippen LogP contribution in [0.4, 0.5) is 5.69 Å². The molecular formula is C18H12N2O4S. The van der Waals surface area contributed by atoms with Crippen LogP contribution in [0.3, 0.4) is 0 Å². The van der Waals surface area contributed by atoms with Crippen LogP contribution in [-0.2, 0) is 14.6 Å². The molecule has 1 aliphatic heterocycles. The summed E-state index contributed by atoms with van der Waals surface area (Å²) >= 11 is 0. The summed E-state index contributed by atoms with van der Waals surface area (Å²) in [6.07, 6.45) is 2.86. The Hall–Kier alpha value is -3.37. The highest BCUT2D eigenvalue weighted by Gasteiger charge is 2.21. The molecule has 2 aromatic carbocycles. The number of hydrogen-bond acceptors (Lipinski definition) is 5. The number of carbonyl (C=O) groups excluding carboxylic acids is 1. The lowest BCUT2D eigenvalue weighted by atomic mass is 10.1. The number of amides is 1. The van der Waals surface area contributed by atoms with Gasteiger partial charge in [-0.15, -0.1) is 0 Å². The minimum atomic E-state index is -3.48. The van der Waals surface area contributed by atoms with Gasteiger partial charge in [0.1, 0.15) is 17.4 Å². The Bertz CT molecular complexity index is 1060. The second-order valence-corrected chi connectivity index (χ2v) is 7.12. The Morgan fingerprint density at radius 1 is 1.16 bits per heavy atom. The molecule has 7 heteroatoms. The van der Waals surface area contributed by atoms with Crippen molar-refractivity contribution in [3.63, 3.8) is 0 Å². The lowest BCUT2D eigenvalue weighted by Crippen LogP contribution is -2.13. The van der Waals surface area contributed by atoms with Crippen molar-refractivity contribution in [3.8, 4) is 11.8 Å². The number of sulfone groups is 1. The number of fused-ring (bicyclic) bond motifs is 1. The van der Waals surface area contributed by atoms with E-state index < -0.39 is 15.7 Å². The molecule has 0 saturated heterocycles.